The number of anilines is 2. The predicted octanol–water partition coefficient (Wildman–Crippen LogP) is 5.77. The summed E-state index contributed by atoms with van der Waals surface area (Å²) in [6.45, 7) is 0. The Balaban J connectivity index is 1.54. The first-order valence-corrected chi connectivity index (χ1v) is 15.7. The van der Waals surface area contributed by atoms with Gasteiger partial charge >= 0.3 is 0 Å². The van der Waals surface area contributed by atoms with Crippen molar-refractivity contribution in [2.75, 3.05) is 17.7 Å². The molecule has 5 rings (SSSR count). The van der Waals surface area contributed by atoms with Crippen molar-refractivity contribution in [2.24, 2.45) is 0 Å². The monoisotopic (exact) mass is 607 g/mol. The van der Waals surface area contributed by atoms with Gasteiger partial charge in [0.15, 0.2) is 5.69 Å². The number of para-hydroxylation sites is 1. The quantitative estimate of drug-likeness (QED) is 0.283. The molecule has 0 spiro atoms. The van der Waals surface area contributed by atoms with Gasteiger partial charge in [-0.05, 0) is 67.0 Å². The first kappa shape index (κ1) is 30.5. The lowest BCUT2D eigenvalue weighted by Crippen LogP contribution is -2.47. The number of methoxy groups -OCH3 is 1. The average Bonchev–Trinajstić information content (AvgIpc) is 3.42. The molecule has 0 saturated heterocycles. The number of halogens is 1. The molecule has 1 heterocycles. The number of hydrogen-bond donors (Lipinski definition) is 3. The standard InChI is InChI=1S/C32H38FN5O4S/c1-42-23-18-16-20(17-19-23)28(31(40)36-22-12-6-3-7-13-22)38(25-15-9-8-14-24(25)33)32(41)29-26(34)27(37-43-29)30(39)35-21-10-4-2-5-11-21/h8-9,14-19,21-22,28H,2-7,10-13,34H2,1H3,(H,35,39)(H,36,40)/t28-/m1/s1. The van der Waals surface area contributed by atoms with E-state index in [0.717, 1.165) is 80.6 Å². The smallest absolute Gasteiger partial charge is 0.273 e. The first-order chi connectivity index (χ1) is 20.9. The van der Waals surface area contributed by atoms with Crippen molar-refractivity contribution < 1.29 is 23.5 Å². The number of amides is 3. The maximum absolute atomic E-state index is 15.5. The Morgan fingerprint density at radius 1 is 0.930 bits per heavy atom. The van der Waals surface area contributed by atoms with E-state index in [-0.39, 0.29) is 34.0 Å². The number of nitrogens with one attached hydrogen (secondary N) is 2. The summed E-state index contributed by atoms with van der Waals surface area (Å²) in [5.41, 5.74) is 6.63. The van der Waals surface area contributed by atoms with Gasteiger partial charge in [-0.15, -0.1) is 0 Å². The molecule has 3 aromatic rings. The van der Waals surface area contributed by atoms with Crippen molar-refractivity contribution in [1.29, 1.82) is 0 Å². The number of benzene rings is 2. The minimum absolute atomic E-state index is 0.0272. The van der Waals surface area contributed by atoms with E-state index in [2.05, 4.69) is 15.0 Å². The number of aromatic nitrogens is 1. The summed E-state index contributed by atoms with van der Waals surface area (Å²) in [5, 5.41) is 6.10. The summed E-state index contributed by atoms with van der Waals surface area (Å²) in [6, 6.07) is 11.3. The number of nitrogens with zero attached hydrogens (tertiary/aromatic N) is 2. The van der Waals surface area contributed by atoms with E-state index >= 15 is 4.39 Å². The fourth-order valence-corrected chi connectivity index (χ4v) is 6.70. The van der Waals surface area contributed by atoms with Gasteiger partial charge in [0.2, 0.25) is 5.91 Å². The number of carbonyl (C=O) groups excluding carboxylic acids is 3. The average molecular weight is 608 g/mol. The lowest BCUT2D eigenvalue weighted by atomic mass is 9.94. The predicted molar refractivity (Wildman–Crippen MR) is 165 cm³/mol. The fourth-order valence-electron chi connectivity index (χ4n) is 5.97. The highest BCUT2D eigenvalue weighted by molar-refractivity contribution is 7.09. The highest BCUT2D eigenvalue weighted by Gasteiger charge is 2.38. The minimum Gasteiger partial charge on any atom is -0.497 e. The summed E-state index contributed by atoms with van der Waals surface area (Å²) >= 11 is 0.768. The van der Waals surface area contributed by atoms with E-state index in [0.29, 0.717) is 11.3 Å². The summed E-state index contributed by atoms with van der Waals surface area (Å²) < 4.78 is 25.0. The van der Waals surface area contributed by atoms with Gasteiger partial charge in [-0.1, -0.05) is 62.8 Å². The topological polar surface area (TPSA) is 127 Å². The van der Waals surface area contributed by atoms with Gasteiger partial charge in [-0.25, -0.2) is 4.39 Å². The van der Waals surface area contributed by atoms with Crippen LogP contribution >= 0.6 is 11.5 Å². The fraction of sp³-hybridized carbons (Fsp3) is 0.438. The van der Waals surface area contributed by atoms with Gasteiger partial charge in [0, 0.05) is 12.1 Å². The van der Waals surface area contributed by atoms with Gasteiger partial charge in [0.05, 0.1) is 18.5 Å². The van der Waals surface area contributed by atoms with Gasteiger partial charge in [0.25, 0.3) is 11.8 Å². The molecule has 4 N–H and O–H groups in total. The third kappa shape index (κ3) is 6.98. The Labute approximate surface area is 255 Å². The van der Waals surface area contributed by atoms with Crippen molar-refractivity contribution in [3.8, 4) is 5.75 Å². The third-order valence-corrected chi connectivity index (χ3v) is 9.15. The Morgan fingerprint density at radius 2 is 1.53 bits per heavy atom. The van der Waals surface area contributed by atoms with E-state index in [1.54, 1.807) is 30.3 Å². The van der Waals surface area contributed by atoms with Crippen LogP contribution in [0.2, 0.25) is 0 Å². The molecule has 0 aliphatic heterocycles. The SMILES string of the molecule is COc1ccc([C@H](C(=O)NC2CCCCC2)N(C(=O)c2snc(C(=O)NC3CCCCC3)c2N)c2ccccc2F)cc1. The van der Waals surface area contributed by atoms with Crippen LogP contribution in [0, 0.1) is 5.82 Å². The van der Waals surface area contributed by atoms with E-state index in [9.17, 15) is 14.4 Å². The normalized spacial score (nSPS) is 16.7. The maximum Gasteiger partial charge on any atom is 0.273 e. The number of rotatable bonds is 9. The molecule has 228 valence electrons. The number of carbonyl (C=O) groups is 3. The summed E-state index contributed by atoms with van der Waals surface area (Å²) in [5.74, 6) is -1.72. The van der Waals surface area contributed by atoms with E-state index in [1.807, 2.05) is 0 Å². The number of hydrogen-bond acceptors (Lipinski definition) is 7. The van der Waals surface area contributed by atoms with Gasteiger partial charge in [-0.3, -0.25) is 19.3 Å². The van der Waals surface area contributed by atoms with E-state index < -0.39 is 29.6 Å². The molecule has 0 unspecified atom stereocenters. The van der Waals surface area contributed by atoms with Crippen LogP contribution in [0.5, 0.6) is 5.75 Å². The van der Waals surface area contributed by atoms with Crippen molar-refractivity contribution in [3.05, 3.63) is 70.5 Å². The molecule has 0 radical (unpaired) electrons. The Hall–Kier alpha value is -3.99. The summed E-state index contributed by atoms with van der Waals surface area (Å²) in [4.78, 5) is 42.7. The largest absolute Gasteiger partial charge is 0.497 e. The van der Waals surface area contributed by atoms with Crippen LogP contribution < -0.4 is 26.0 Å². The lowest BCUT2D eigenvalue weighted by molar-refractivity contribution is -0.123. The van der Waals surface area contributed by atoms with Crippen LogP contribution in [-0.2, 0) is 4.79 Å². The van der Waals surface area contributed by atoms with E-state index in [1.165, 1.54) is 25.3 Å². The molecule has 2 saturated carbocycles. The third-order valence-electron chi connectivity index (χ3n) is 8.30. The number of nitrogens with two attached hydrogens (primary N) is 1. The van der Waals surface area contributed by atoms with Gasteiger partial charge < -0.3 is 21.1 Å². The highest BCUT2D eigenvalue weighted by atomic mass is 32.1. The molecule has 11 heteroatoms. The highest BCUT2D eigenvalue weighted by Crippen LogP contribution is 2.35. The van der Waals surface area contributed by atoms with Gasteiger partial charge in [0.1, 0.15) is 22.5 Å². The molecule has 2 aliphatic carbocycles. The van der Waals surface area contributed by atoms with Crippen molar-refractivity contribution in [2.45, 2.75) is 82.3 Å². The second-order valence-electron chi connectivity index (χ2n) is 11.2. The van der Waals surface area contributed by atoms with Crippen LogP contribution in [0.25, 0.3) is 0 Å². The van der Waals surface area contributed by atoms with Crippen LogP contribution in [-0.4, -0.2) is 41.3 Å². The Morgan fingerprint density at radius 3 is 2.14 bits per heavy atom. The molecule has 9 nitrogen and oxygen atoms in total. The van der Waals surface area contributed by atoms with Crippen molar-refractivity contribution in [1.82, 2.24) is 15.0 Å². The molecular weight excluding hydrogens is 569 g/mol. The Bertz CT molecular complexity index is 1430. The molecule has 43 heavy (non-hydrogen) atoms. The van der Waals surface area contributed by atoms with Crippen molar-refractivity contribution >= 4 is 40.6 Å². The van der Waals surface area contributed by atoms with Crippen molar-refractivity contribution in [3.63, 3.8) is 0 Å². The lowest BCUT2D eigenvalue weighted by Gasteiger charge is -2.33. The zero-order chi connectivity index (χ0) is 30.3. The van der Waals surface area contributed by atoms with Crippen LogP contribution in [0.3, 0.4) is 0 Å². The number of nitrogen functional groups attached to an aromatic ring is 1. The van der Waals surface area contributed by atoms with Crippen LogP contribution in [0.15, 0.2) is 48.5 Å². The minimum atomic E-state index is -1.24. The molecule has 1 atom stereocenters. The molecule has 0 bridgehead atoms. The molecule has 2 aromatic carbocycles. The number of ether oxygens (including phenoxy) is 1. The Kier molecular flexibility index (Phi) is 9.91. The molecule has 1 aromatic heterocycles. The molecule has 3 amide bonds. The second kappa shape index (κ2) is 14.0. The maximum atomic E-state index is 15.5. The van der Waals surface area contributed by atoms with Gasteiger partial charge in [-0.2, -0.15) is 4.37 Å². The zero-order valence-corrected chi connectivity index (χ0v) is 25.1. The molecule has 2 aliphatic rings. The summed E-state index contributed by atoms with van der Waals surface area (Å²) in [7, 11) is 1.53. The molecular formula is C32H38FN5O4S. The van der Waals surface area contributed by atoms with Crippen LogP contribution in [0.4, 0.5) is 15.8 Å². The first-order valence-electron chi connectivity index (χ1n) is 15.0. The second-order valence-corrected chi connectivity index (χ2v) is 12.0. The summed E-state index contributed by atoms with van der Waals surface area (Å²) in [6.07, 6.45) is 9.72. The zero-order valence-electron chi connectivity index (χ0n) is 24.3. The molecule has 2 fully saturated rings. The van der Waals surface area contributed by atoms with E-state index in [4.69, 9.17) is 10.5 Å². The van der Waals surface area contributed by atoms with Crippen LogP contribution in [0.1, 0.15) is 96.0 Å².